The van der Waals surface area contributed by atoms with E-state index in [4.69, 9.17) is 0 Å². The number of carbonyl (C=O) groups excluding carboxylic acids is 2. The average Bonchev–Trinajstić information content (AvgIpc) is 2.89. The fourth-order valence-corrected chi connectivity index (χ4v) is 3.16. The Bertz CT molecular complexity index is 591. The van der Waals surface area contributed by atoms with Crippen molar-refractivity contribution in [2.24, 2.45) is 0 Å². The Morgan fingerprint density at radius 3 is 2.73 bits per heavy atom. The fraction of sp³-hybridized carbons (Fsp3) is 0.500. The smallest absolute Gasteiger partial charge is 0.253 e. The minimum Gasteiger partial charge on any atom is -0.336 e. The van der Waals surface area contributed by atoms with Gasteiger partial charge in [0.1, 0.15) is 0 Å². The molecule has 0 radical (unpaired) electrons. The molecule has 1 aromatic rings. The first kappa shape index (κ1) is 16.8. The number of piperazine rings is 1. The molecule has 3 rings (SSSR count). The minimum atomic E-state index is 0. The van der Waals surface area contributed by atoms with Crippen molar-refractivity contribution in [2.75, 3.05) is 31.1 Å². The van der Waals surface area contributed by atoms with Crippen molar-refractivity contribution in [2.45, 2.75) is 26.3 Å². The van der Waals surface area contributed by atoms with Crippen LogP contribution < -0.4 is 10.2 Å². The Morgan fingerprint density at radius 1 is 1.27 bits per heavy atom. The van der Waals surface area contributed by atoms with Crippen LogP contribution in [-0.4, -0.2) is 48.9 Å². The molecule has 2 heterocycles. The van der Waals surface area contributed by atoms with Crippen LogP contribution in [0.2, 0.25) is 0 Å². The lowest BCUT2D eigenvalue weighted by Crippen LogP contribution is -2.51. The molecule has 1 saturated heterocycles. The van der Waals surface area contributed by atoms with Crippen LogP contribution in [0.3, 0.4) is 0 Å². The van der Waals surface area contributed by atoms with Crippen LogP contribution in [0.1, 0.15) is 29.8 Å². The summed E-state index contributed by atoms with van der Waals surface area (Å²) in [4.78, 5) is 27.8. The molecule has 0 aromatic heterocycles. The van der Waals surface area contributed by atoms with Crippen LogP contribution in [0.4, 0.5) is 5.69 Å². The third kappa shape index (κ3) is 3.10. The molecule has 5 nitrogen and oxygen atoms in total. The molecule has 0 saturated carbocycles. The molecular formula is C16H22ClN3O2. The van der Waals surface area contributed by atoms with Crippen LogP contribution in [0.15, 0.2) is 18.2 Å². The van der Waals surface area contributed by atoms with Crippen molar-refractivity contribution in [3.8, 4) is 0 Å². The Balaban J connectivity index is 0.00000176. The second kappa shape index (κ2) is 6.67. The summed E-state index contributed by atoms with van der Waals surface area (Å²) >= 11 is 0. The van der Waals surface area contributed by atoms with Gasteiger partial charge >= 0.3 is 0 Å². The third-order valence-electron chi connectivity index (χ3n) is 4.26. The first-order valence-corrected chi connectivity index (χ1v) is 7.50. The van der Waals surface area contributed by atoms with E-state index in [0.29, 0.717) is 12.6 Å². The molecule has 1 atom stereocenters. The molecule has 22 heavy (non-hydrogen) atoms. The van der Waals surface area contributed by atoms with E-state index in [1.807, 2.05) is 23.1 Å². The third-order valence-corrected chi connectivity index (χ3v) is 4.26. The normalized spacial score (nSPS) is 20.4. The minimum absolute atomic E-state index is 0. The van der Waals surface area contributed by atoms with E-state index < -0.39 is 0 Å². The van der Waals surface area contributed by atoms with Gasteiger partial charge in [0.25, 0.3) is 5.91 Å². The summed E-state index contributed by atoms with van der Waals surface area (Å²) in [5, 5.41) is 3.34. The lowest BCUT2D eigenvalue weighted by Gasteiger charge is -2.32. The molecule has 1 unspecified atom stereocenters. The van der Waals surface area contributed by atoms with Crippen molar-refractivity contribution in [1.29, 1.82) is 0 Å². The Labute approximate surface area is 137 Å². The van der Waals surface area contributed by atoms with Gasteiger partial charge < -0.3 is 15.1 Å². The SMILES string of the molecule is CC(=O)N1CCc2cc(C(=O)N3CCNC(C)C3)ccc21.Cl. The number of rotatable bonds is 1. The molecule has 2 amide bonds. The van der Waals surface area contributed by atoms with Gasteiger partial charge in [-0.25, -0.2) is 0 Å². The molecule has 120 valence electrons. The van der Waals surface area contributed by atoms with Crippen molar-refractivity contribution in [1.82, 2.24) is 10.2 Å². The molecule has 1 aromatic carbocycles. The molecule has 0 aliphatic carbocycles. The van der Waals surface area contributed by atoms with Crippen molar-refractivity contribution in [3.63, 3.8) is 0 Å². The van der Waals surface area contributed by atoms with Gasteiger partial charge in [0.15, 0.2) is 0 Å². The highest BCUT2D eigenvalue weighted by Crippen LogP contribution is 2.29. The summed E-state index contributed by atoms with van der Waals surface area (Å²) in [7, 11) is 0. The number of hydrogen-bond donors (Lipinski definition) is 1. The van der Waals surface area contributed by atoms with E-state index >= 15 is 0 Å². The second-order valence-corrected chi connectivity index (χ2v) is 5.87. The number of carbonyl (C=O) groups is 2. The average molecular weight is 324 g/mol. The molecule has 6 heteroatoms. The zero-order valence-electron chi connectivity index (χ0n) is 13.0. The van der Waals surface area contributed by atoms with Crippen LogP contribution >= 0.6 is 12.4 Å². The zero-order chi connectivity index (χ0) is 15.0. The number of fused-ring (bicyclic) bond motifs is 1. The van der Waals surface area contributed by atoms with Gasteiger partial charge in [-0.2, -0.15) is 0 Å². The molecule has 1 fully saturated rings. The topological polar surface area (TPSA) is 52.7 Å². The van der Waals surface area contributed by atoms with Crippen LogP contribution in [0.25, 0.3) is 0 Å². The molecule has 2 aliphatic heterocycles. The highest BCUT2D eigenvalue weighted by Gasteiger charge is 2.25. The van der Waals surface area contributed by atoms with E-state index in [9.17, 15) is 9.59 Å². The highest BCUT2D eigenvalue weighted by atomic mass is 35.5. The van der Waals surface area contributed by atoms with E-state index in [0.717, 1.165) is 42.9 Å². The maximum absolute atomic E-state index is 12.6. The lowest BCUT2D eigenvalue weighted by molar-refractivity contribution is -0.116. The number of nitrogens with one attached hydrogen (secondary N) is 1. The summed E-state index contributed by atoms with van der Waals surface area (Å²) < 4.78 is 0. The molecular weight excluding hydrogens is 302 g/mol. The van der Waals surface area contributed by atoms with E-state index in [1.54, 1.807) is 11.8 Å². The maximum atomic E-state index is 12.6. The number of hydrogen-bond acceptors (Lipinski definition) is 3. The van der Waals surface area contributed by atoms with Crippen LogP contribution in [0, 0.1) is 0 Å². The van der Waals surface area contributed by atoms with Gasteiger partial charge in [-0.15, -0.1) is 12.4 Å². The lowest BCUT2D eigenvalue weighted by atomic mass is 10.1. The van der Waals surface area contributed by atoms with Gasteiger partial charge in [0.05, 0.1) is 0 Å². The summed E-state index contributed by atoms with van der Waals surface area (Å²) in [6.07, 6.45) is 0.827. The Kier molecular flexibility index (Phi) is 5.08. The standard InChI is InChI=1S/C16H21N3O2.ClH/c1-11-10-18(8-6-17-11)16(21)14-3-4-15-13(9-14)5-7-19(15)12(2)20;/h3-4,9,11,17H,5-8,10H2,1-2H3;1H. The maximum Gasteiger partial charge on any atom is 0.253 e. The summed E-state index contributed by atoms with van der Waals surface area (Å²) in [5.41, 5.74) is 2.78. The van der Waals surface area contributed by atoms with Gasteiger partial charge in [-0.3, -0.25) is 9.59 Å². The number of anilines is 1. The van der Waals surface area contributed by atoms with Crippen molar-refractivity contribution < 1.29 is 9.59 Å². The van der Waals surface area contributed by atoms with Crippen LogP contribution in [0.5, 0.6) is 0 Å². The molecule has 0 bridgehead atoms. The number of benzene rings is 1. The molecule has 0 spiro atoms. The summed E-state index contributed by atoms with van der Waals surface area (Å²) in [6, 6.07) is 6.04. The van der Waals surface area contributed by atoms with Crippen LogP contribution in [-0.2, 0) is 11.2 Å². The Hall–Kier alpha value is -1.59. The predicted molar refractivity (Wildman–Crippen MR) is 88.8 cm³/mol. The number of nitrogens with zero attached hydrogens (tertiary/aromatic N) is 2. The van der Waals surface area contributed by atoms with E-state index in [1.165, 1.54) is 0 Å². The summed E-state index contributed by atoms with van der Waals surface area (Å²) in [6.45, 7) is 6.72. The second-order valence-electron chi connectivity index (χ2n) is 5.87. The zero-order valence-corrected chi connectivity index (χ0v) is 13.8. The van der Waals surface area contributed by atoms with Crippen molar-refractivity contribution in [3.05, 3.63) is 29.3 Å². The quantitative estimate of drug-likeness (QED) is 0.851. The van der Waals surface area contributed by atoms with Gasteiger partial charge in [0.2, 0.25) is 5.91 Å². The van der Waals surface area contributed by atoms with Gasteiger partial charge in [-0.05, 0) is 37.1 Å². The fourth-order valence-electron chi connectivity index (χ4n) is 3.16. The summed E-state index contributed by atoms with van der Waals surface area (Å²) in [5.74, 6) is 0.149. The Morgan fingerprint density at radius 2 is 2.05 bits per heavy atom. The molecule has 1 N–H and O–H groups in total. The van der Waals surface area contributed by atoms with Gasteiger partial charge in [0, 0.05) is 50.4 Å². The van der Waals surface area contributed by atoms with Gasteiger partial charge in [-0.1, -0.05) is 0 Å². The van der Waals surface area contributed by atoms with E-state index in [2.05, 4.69) is 12.2 Å². The first-order valence-electron chi connectivity index (χ1n) is 7.50. The monoisotopic (exact) mass is 323 g/mol. The number of amides is 2. The van der Waals surface area contributed by atoms with E-state index in [-0.39, 0.29) is 24.2 Å². The highest BCUT2D eigenvalue weighted by molar-refractivity contribution is 5.98. The molecule has 2 aliphatic rings. The predicted octanol–water partition coefficient (Wildman–Crippen LogP) is 1.45. The number of halogens is 1. The first-order chi connectivity index (χ1) is 10.1. The largest absolute Gasteiger partial charge is 0.336 e. The van der Waals surface area contributed by atoms with Crippen molar-refractivity contribution >= 4 is 29.9 Å².